The zero-order valence-corrected chi connectivity index (χ0v) is 10.3. The number of ether oxygens (including phenoxy) is 1. The van der Waals surface area contributed by atoms with Crippen molar-refractivity contribution in [3.8, 4) is 0 Å². The molecule has 0 aliphatic carbocycles. The van der Waals surface area contributed by atoms with Gasteiger partial charge in [0.25, 0.3) is 0 Å². The Morgan fingerprint density at radius 1 is 1.73 bits per heavy atom. The second kappa shape index (κ2) is 5.05. The van der Waals surface area contributed by atoms with E-state index in [4.69, 9.17) is 10.5 Å². The molecule has 1 saturated heterocycles. The van der Waals surface area contributed by atoms with Crippen LogP contribution in [0.25, 0.3) is 0 Å². The van der Waals surface area contributed by atoms with E-state index in [0.717, 1.165) is 29.5 Å². The summed E-state index contributed by atoms with van der Waals surface area (Å²) in [6, 6.07) is 0. The van der Waals surface area contributed by atoms with Gasteiger partial charge in [0.2, 0.25) is 0 Å². The first-order chi connectivity index (χ1) is 7.31. The van der Waals surface area contributed by atoms with E-state index in [1.807, 2.05) is 6.26 Å². The summed E-state index contributed by atoms with van der Waals surface area (Å²) in [4.78, 5) is 1.05. The molecule has 0 aromatic carbocycles. The number of nitrogens with two attached hydrogens (primary N) is 1. The molecule has 1 aromatic rings. The molecule has 1 atom stereocenters. The van der Waals surface area contributed by atoms with Crippen molar-refractivity contribution in [2.24, 2.45) is 0 Å². The average molecular weight is 245 g/mol. The van der Waals surface area contributed by atoms with Crippen LogP contribution in [-0.4, -0.2) is 29.9 Å². The van der Waals surface area contributed by atoms with Crippen LogP contribution in [-0.2, 0) is 4.74 Å². The lowest BCUT2D eigenvalue weighted by Gasteiger charge is -2.10. The average Bonchev–Trinajstić information content (AvgIpc) is 2.84. The van der Waals surface area contributed by atoms with Gasteiger partial charge in [-0.05, 0) is 30.6 Å². The summed E-state index contributed by atoms with van der Waals surface area (Å²) in [6.45, 7) is 1.75. The molecule has 0 spiro atoms. The third-order valence-electron chi connectivity index (χ3n) is 2.39. The Balaban J connectivity index is 1.92. The van der Waals surface area contributed by atoms with Crippen LogP contribution < -0.4 is 11.1 Å². The number of nitrogens with one attached hydrogen (secondary N) is 1. The van der Waals surface area contributed by atoms with Crippen molar-refractivity contribution in [1.29, 1.82) is 0 Å². The molecule has 4 nitrogen and oxygen atoms in total. The molecule has 0 amide bonds. The molecule has 1 aromatic heterocycles. The summed E-state index contributed by atoms with van der Waals surface area (Å²) >= 11 is 3.05. The lowest BCUT2D eigenvalue weighted by Crippen LogP contribution is -2.18. The third kappa shape index (κ3) is 2.56. The van der Waals surface area contributed by atoms with Crippen molar-refractivity contribution < 1.29 is 4.74 Å². The van der Waals surface area contributed by atoms with Crippen molar-refractivity contribution in [3.63, 3.8) is 0 Å². The number of hydrogen-bond donors (Lipinski definition) is 2. The molecule has 1 aliphatic heterocycles. The normalized spacial score (nSPS) is 20.7. The van der Waals surface area contributed by atoms with Crippen molar-refractivity contribution in [2.45, 2.75) is 23.8 Å². The highest BCUT2D eigenvalue weighted by atomic mass is 32.2. The van der Waals surface area contributed by atoms with Gasteiger partial charge in [-0.2, -0.15) is 4.37 Å². The molecule has 2 heterocycles. The van der Waals surface area contributed by atoms with E-state index >= 15 is 0 Å². The quantitative estimate of drug-likeness (QED) is 0.795. The van der Waals surface area contributed by atoms with Crippen molar-refractivity contribution >= 4 is 34.1 Å². The van der Waals surface area contributed by atoms with Crippen LogP contribution >= 0.6 is 23.3 Å². The Morgan fingerprint density at radius 3 is 3.27 bits per heavy atom. The van der Waals surface area contributed by atoms with Gasteiger partial charge in [0.1, 0.15) is 5.00 Å². The number of hydrogen-bond acceptors (Lipinski definition) is 6. The van der Waals surface area contributed by atoms with Crippen LogP contribution in [0, 0.1) is 0 Å². The minimum atomic E-state index is 0.350. The standard InChI is InChI=1S/C9H15N3OS2/c1-14-7-8(10)12-15-9(7)11-5-6-3-2-4-13-6/h6,11H,2-5H2,1H3,(H2,10,12). The minimum Gasteiger partial charge on any atom is -0.382 e. The largest absolute Gasteiger partial charge is 0.382 e. The molecule has 6 heteroatoms. The van der Waals surface area contributed by atoms with Gasteiger partial charge < -0.3 is 15.8 Å². The predicted molar refractivity (Wildman–Crippen MR) is 65.8 cm³/mol. The number of rotatable bonds is 4. The van der Waals surface area contributed by atoms with E-state index in [1.165, 1.54) is 18.0 Å². The number of nitrogen functional groups attached to an aromatic ring is 1. The van der Waals surface area contributed by atoms with Crippen LogP contribution in [0.15, 0.2) is 4.90 Å². The van der Waals surface area contributed by atoms with E-state index in [-0.39, 0.29) is 0 Å². The van der Waals surface area contributed by atoms with Crippen LogP contribution in [0.4, 0.5) is 10.8 Å². The molecule has 15 heavy (non-hydrogen) atoms. The van der Waals surface area contributed by atoms with Crippen LogP contribution in [0.1, 0.15) is 12.8 Å². The fourth-order valence-electron chi connectivity index (χ4n) is 1.62. The van der Waals surface area contributed by atoms with Crippen LogP contribution in [0.2, 0.25) is 0 Å². The smallest absolute Gasteiger partial charge is 0.153 e. The Kier molecular flexibility index (Phi) is 3.71. The zero-order chi connectivity index (χ0) is 10.7. The zero-order valence-electron chi connectivity index (χ0n) is 8.66. The van der Waals surface area contributed by atoms with Gasteiger partial charge in [0, 0.05) is 13.2 Å². The summed E-state index contributed by atoms with van der Waals surface area (Å²) < 4.78 is 9.67. The Morgan fingerprint density at radius 2 is 2.60 bits per heavy atom. The van der Waals surface area contributed by atoms with Gasteiger partial charge in [-0.1, -0.05) is 0 Å². The third-order valence-corrected chi connectivity index (χ3v) is 4.16. The van der Waals surface area contributed by atoms with Gasteiger partial charge in [0.05, 0.1) is 11.0 Å². The molecule has 2 rings (SSSR count). The molecule has 1 aliphatic rings. The van der Waals surface area contributed by atoms with E-state index in [9.17, 15) is 0 Å². The van der Waals surface area contributed by atoms with E-state index in [1.54, 1.807) is 11.8 Å². The van der Waals surface area contributed by atoms with Gasteiger partial charge in [0.15, 0.2) is 5.82 Å². The molecule has 0 radical (unpaired) electrons. The van der Waals surface area contributed by atoms with Gasteiger partial charge in [-0.3, -0.25) is 0 Å². The molecule has 1 unspecified atom stereocenters. The highest BCUT2D eigenvalue weighted by Gasteiger charge is 2.17. The number of aromatic nitrogens is 1. The van der Waals surface area contributed by atoms with Crippen molar-refractivity contribution in [1.82, 2.24) is 4.37 Å². The molecular formula is C9H15N3OS2. The molecule has 3 N–H and O–H groups in total. The lowest BCUT2D eigenvalue weighted by molar-refractivity contribution is 0.120. The fourth-order valence-corrected chi connectivity index (χ4v) is 3.16. The van der Waals surface area contributed by atoms with Gasteiger partial charge in [-0.15, -0.1) is 11.8 Å². The highest BCUT2D eigenvalue weighted by Crippen LogP contribution is 2.34. The van der Waals surface area contributed by atoms with Gasteiger partial charge in [-0.25, -0.2) is 0 Å². The van der Waals surface area contributed by atoms with Gasteiger partial charge >= 0.3 is 0 Å². The molecule has 0 bridgehead atoms. The van der Waals surface area contributed by atoms with E-state index < -0.39 is 0 Å². The predicted octanol–water partition coefficient (Wildman–Crippen LogP) is 2.04. The number of nitrogens with zero attached hydrogens (tertiary/aromatic N) is 1. The first-order valence-corrected chi connectivity index (χ1v) is 6.95. The van der Waals surface area contributed by atoms with E-state index in [0.29, 0.717) is 11.9 Å². The first kappa shape index (κ1) is 11.0. The van der Waals surface area contributed by atoms with Crippen molar-refractivity contribution in [3.05, 3.63) is 0 Å². The SMILES string of the molecule is CSc1c(N)nsc1NCC1CCCO1. The number of anilines is 2. The van der Waals surface area contributed by atoms with Crippen molar-refractivity contribution in [2.75, 3.05) is 30.5 Å². The van der Waals surface area contributed by atoms with E-state index in [2.05, 4.69) is 9.69 Å². The maximum absolute atomic E-state index is 5.74. The maximum atomic E-state index is 5.74. The Bertz CT molecular complexity index is 323. The fraction of sp³-hybridized carbons (Fsp3) is 0.667. The summed E-state index contributed by atoms with van der Waals surface area (Å²) in [6.07, 6.45) is 4.68. The number of thioether (sulfide) groups is 1. The van der Waals surface area contributed by atoms with Crippen LogP contribution in [0.3, 0.4) is 0 Å². The van der Waals surface area contributed by atoms with Crippen LogP contribution in [0.5, 0.6) is 0 Å². The lowest BCUT2D eigenvalue weighted by atomic mass is 10.2. The second-order valence-corrected chi connectivity index (χ2v) is 5.04. The maximum Gasteiger partial charge on any atom is 0.153 e. The first-order valence-electron chi connectivity index (χ1n) is 4.96. The summed E-state index contributed by atoms with van der Waals surface area (Å²) in [5.41, 5.74) is 5.74. The second-order valence-electron chi connectivity index (χ2n) is 3.45. The monoisotopic (exact) mass is 245 g/mol. The highest BCUT2D eigenvalue weighted by molar-refractivity contribution is 7.99. The topological polar surface area (TPSA) is 60.2 Å². The summed E-state index contributed by atoms with van der Waals surface area (Å²) in [7, 11) is 0. The molecule has 0 saturated carbocycles. The molecule has 84 valence electrons. The summed E-state index contributed by atoms with van der Waals surface area (Å²) in [5.74, 6) is 0.627. The molecular weight excluding hydrogens is 230 g/mol. The summed E-state index contributed by atoms with van der Waals surface area (Å²) in [5, 5.41) is 4.42. The Hall–Kier alpha value is -0.460. The molecule has 1 fully saturated rings. The minimum absolute atomic E-state index is 0.350. The Labute approximate surface area is 97.7 Å².